The second-order valence-corrected chi connectivity index (χ2v) is 5.29. The first kappa shape index (κ1) is 14.4. The number of hydrogen-bond acceptors (Lipinski definition) is 3. The highest BCUT2D eigenvalue weighted by atomic mass is 16.3. The highest BCUT2D eigenvalue weighted by molar-refractivity contribution is 5.79. The van der Waals surface area contributed by atoms with E-state index in [-0.39, 0.29) is 17.9 Å². The minimum absolute atomic E-state index is 0.0304. The molecule has 0 aromatic carbocycles. The maximum Gasteiger partial charge on any atom is 0.314 e. The van der Waals surface area contributed by atoms with Gasteiger partial charge in [-0.25, -0.2) is 4.79 Å². The van der Waals surface area contributed by atoms with Gasteiger partial charge in [0.25, 0.3) is 0 Å². The monoisotopic (exact) mass is 279 g/mol. The van der Waals surface area contributed by atoms with E-state index < -0.39 is 6.03 Å². The van der Waals surface area contributed by atoms with Crippen molar-refractivity contribution < 1.29 is 14.0 Å². The summed E-state index contributed by atoms with van der Waals surface area (Å²) >= 11 is 0. The third kappa shape index (κ3) is 3.76. The van der Waals surface area contributed by atoms with Crippen LogP contribution >= 0.6 is 0 Å². The van der Waals surface area contributed by atoms with Crippen molar-refractivity contribution in [3.8, 4) is 0 Å². The number of nitrogens with zero attached hydrogens (tertiary/aromatic N) is 1. The summed E-state index contributed by atoms with van der Waals surface area (Å²) in [5.41, 5.74) is 5.22. The lowest BCUT2D eigenvalue weighted by Gasteiger charge is -2.30. The average Bonchev–Trinajstić information content (AvgIpc) is 2.91. The highest BCUT2D eigenvalue weighted by Gasteiger charge is 2.27. The summed E-state index contributed by atoms with van der Waals surface area (Å²) in [6, 6.07) is 3.36. The molecule has 0 radical (unpaired) electrons. The van der Waals surface area contributed by atoms with Gasteiger partial charge in [0.05, 0.1) is 6.26 Å². The second kappa shape index (κ2) is 6.45. The van der Waals surface area contributed by atoms with Gasteiger partial charge >= 0.3 is 6.03 Å². The molecule has 1 aromatic heterocycles. The molecular formula is C14H21N3O3. The van der Waals surface area contributed by atoms with Crippen molar-refractivity contribution in [2.75, 3.05) is 13.1 Å². The molecule has 1 atom stereocenters. The minimum Gasteiger partial charge on any atom is -0.469 e. The van der Waals surface area contributed by atoms with E-state index in [1.807, 2.05) is 19.1 Å². The molecule has 2 heterocycles. The Morgan fingerprint density at radius 2 is 2.20 bits per heavy atom. The van der Waals surface area contributed by atoms with Gasteiger partial charge in [-0.05, 0) is 31.9 Å². The van der Waals surface area contributed by atoms with Crippen molar-refractivity contribution in [2.45, 2.75) is 32.2 Å². The molecule has 6 nitrogen and oxygen atoms in total. The molecule has 0 unspecified atom stereocenters. The molecular weight excluding hydrogens is 258 g/mol. The Balaban J connectivity index is 1.76. The maximum absolute atomic E-state index is 12.1. The maximum atomic E-state index is 12.1. The highest BCUT2D eigenvalue weighted by Crippen LogP contribution is 2.17. The minimum atomic E-state index is -0.407. The Bertz CT molecular complexity index is 450. The van der Waals surface area contributed by atoms with Crippen LogP contribution < -0.4 is 11.1 Å². The summed E-state index contributed by atoms with van der Waals surface area (Å²) in [6.45, 7) is 3.07. The van der Waals surface area contributed by atoms with Crippen LogP contribution in [0.25, 0.3) is 0 Å². The third-order valence-electron chi connectivity index (χ3n) is 3.65. The van der Waals surface area contributed by atoms with Crippen LogP contribution in [0.15, 0.2) is 22.8 Å². The van der Waals surface area contributed by atoms with Crippen LogP contribution in [0.3, 0.4) is 0 Å². The molecule has 1 aromatic rings. The van der Waals surface area contributed by atoms with E-state index in [0.29, 0.717) is 32.4 Å². The first-order chi connectivity index (χ1) is 9.56. The summed E-state index contributed by atoms with van der Waals surface area (Å²) < 4.78 is 5.26. The van der Waals surface area contributed by atoms with Crippen molar-refractivity contribution in [3.05, 3.63) is 24.2 Å². The Labute approximate surface area is 118 Å². The molecule has 2 rings (SSSR count). The van der Waals surface area contributed by atoms with E-state index in [9.17, 15) is 9.59 Å². The number of rotatable bonds is 4. The molecule has 0 saturated carbocycles. The van der Waals surface area contributed by atoms with Crippen molar-refractivity contribution in [1.82, 2.24) is 10.2 Å². The number of nitrogens with two attached hydrogens (primary N) is 1. The van der Waals surface area contributed by atoms with Gasteiger partial charge in [-0.1, -0.05) is 0 Å². The van der Waals surface area contributed by atoms with Crippen LogP contribution in [0.2, 0.25) is 0 Å². The fourth-order valence-corrected chi connectivity index (χ4v) is 2.50. The standard InChI is InChI=1S/C14H21N3O3/c1-10(9-12-3-2-8-20-12)16-13(18)11-4-6-17(7-5-11)14(15)19/h2-3,8,10-11H,4-7,9H2,1H3,(H2,15,19)(H,16,18)/t10-/m1/s1. The van der Waals surface area contributed by atoms with E-state index in [0.717, 1.165) is 5.76 Å². The number of carbonyl (C=O) groups is 2. The van der Waals surface area contributed by atoms with Gasteiger partial charge in [0.1, 0.15) is 5.76 Å². The number of amides is 3. The summed E-state index contributed by atoms with van der Waals surface area (Å²) in [5, 5.41) is 3.00. The van der Waals surface area contributed by atoms with Gasteiger partial charge in [-0.3, -0.25) is 4.79 Å². The SMILES string of the molecule is C[C@H](Cc1ccco1)NC(=O)C1CCN(C(N)=O)CC1. The Kier molecular flexibility index (Phi) is 4.65. The second-order valence-electron chi connectivity index (χ2n) is 5.29. The average molecular weight is 279 g/mol. The predicted molar refractivity (Wildman–Crippen MR) is 73.9 cm³/mol. The zero-order chi connectivity index (χ0) is 14.5. The lowest BCUT2D eigenvalue weighted by atomic mass is 9.95. The Morgan fingerprint density at radius 1 is 1.50 bits per heavy atom. The van der Waals surface area contributed by atoms with Crippen molar-refractivity contribution in [1.29, 1.82) is 0 Å². The first-order valence-corrected chi connectivity index (χ1v) is 6.93. The Morgan fingerprint density at radius 3 is 2.75 bits per heavy atom. The lowest BCUT2D eigenvalue weighted by molar-refractivity contribution is -0.126. The summed E-state index contributed by atoms with van der Waals surface area (Å²) in [6.07, 6.45) is 3.65. The van der Waals surface area contributed by atoms with Crippen LogP contribution in [0.1, 0.15) is 25.5 Å². The number of carbonyl (C=O) groups excluding carboxylic acids is 2. The van der Waals surface area contributed by atoms with Crippen LogP contribution in [-0.4, -0.2) is 36.0 Å². The molecule has 1 saturated heterocycles. The molecule has 6 heteroatoms. The summed E-state index contributed by atoms with van der Waals surface area (Å²) in [7, 11) is 0. The van der Waals surface area contributed by atoms with Crippen molar-refractivity contribution in [3.63, 3.8) is 0 Å². The smallest absolute Gasteiger partial charge is 0.314 e. The first-order valence-electron chi connectivity index (χ1n) is 6.93. The zero-order valence-corrected chi connectivity index (χ0v) is 11.7. The van der Waals surface area contributed by atoms with Gasteiger partial charge in [0.2, 0.25) is 5.91 Å². The van der Waals surface area contributed by atoms with Crippen LogP contribution in [0.5, 0.6) is 0 Å². The fourth-order valence-electron chi connectivity index (χ4n) is 2.50. The van der Waals surface area contributed by atoms with E-state index in [2.05, 4.69) is 5.32 Å². The topological polar surface area (TPSA) is 88.6 Å². The number of likely N-dealkylation sites (tertiary alicyclic amines) is 1. The van der Waals surface area contributed by atoms with Gasteiger partial charge < -0.3 is 20.4 Å². The van der Waals surface area contributed by atoms with Gasteiger partial charge in [0.15, 0.2) is 0 Å². The third-order valence-corrected chi connectivity index (χ3v) is 3.65. The number of hydrogen-bond donors (Lipinski definition) is 2. The summed E-state index contributed by atoms with van der Waals surface area (Å²) in [4.78, 5) is 24.7. The van der Waals surface area contributed by atoms with E-state index in [4.69, 9.17) is 10.2 Å². The van der Waals surface area contributed by atoms with E-state index >= 15 is 0 Å². The number of nitrogens with one attached hydrogen (secondary N) is 1. The van der Waals surface area contributed by atoms with Gasteiger partial charge in [-0.2, -0.15) is 0 Å². The molecule has 3 amide bonds. The number of furan rings is 1. The zero-order valence-electron chi connectivity index (χ0n) is 11.7. The molecule has 0 spiro atoms. The molecule has 0 bridgehead atoms. The normalized spacial score (nSPS) is 17.8. The van der Waals surface area contributed by atoms with Crippen molar-refractivity contribution in [2.24, 2.45) is 11.7 Å². The molecule has 1 aliphatic heterocycles. The quantitative estimate of drug-likeness (QED) is 0.865. The molecule has 110 valence electrons. The number of urea groups is 1. The molecule has 0 aliphatic carbocycles. The van der Waals surface area contributed by atoms with E-state index in [1.54, 1.807) is 11.2 Å². The van der Waals surface area contributed by atoms with Gasteiger partial charge in [0, 0.05) is 31.5 Å². The van der Waals surface area contributed by atoms with Crippen LogP contribution in [-0.2, 0) is 11.2 Å². The van der Waals surface area contributed by atoms with E-state index in [1.165, 1.54) is 0 Å². The van der Waals surface area contributed by atoms with Crippen LogP contribution in [0, 0.1) is 5.92 Å². The molecule has 20 heavy (non-hydrogen) atoms. The predicted octanol–water partition coefficient (Wildman–Crippen LogP) is 1.12. The molecule has 1 aliphatic rings. The van der Waals surface area contributed by atoms with Crippen LogP contribution in [0.4, 0.5) is 4.79 Å². The largest absolute Gasteiger partial charge is 0.469 e. The molecule has 3 N–H and O–H groups in total. The number of piperidine rings is 1. The molecule has 1 fully saturated rings. The lowest BCUT2D eigenvalue weighted by Crippen LogP contribution is -2.46. The Hall–Kier alpha value is -1.98. The van der Waals surface area contributed by atoms with Crippen molar-refractivity contribution >= 4 is 11.9 Å². The number of primary amides is 1. The summed E-state index contributed by atoms with van der Waals surface area (Å²) in [5.74, 6) is 0.874. The van der Waals surface area contributed by atoms with Gasteiger partial charge in [-0.15, -0.1) is 0 Å². The fraction of sp³-hybridized carbons (Fsp3) is 0.571.